The van der Waals surface area contributed by atoms with Crippen LogP contribution < -0.4 is 0 Å². The van der Waals surface area contributed by atoms with Crippen molar-refractivity contribution in [1.29, 1.82) is 0 Å². The molecule has 0 aromatic heterocycles. The first-order valence-electron chi connectivity index (χ1n) is 2.87. The van der Waals surface area contributed by atoms with Gasteiger partial charge in [-0.25, -0.2) is 12.2 Å². The van der Waals surface area contributed by atoms with E-state index < -0.39 is 0 Å². The molecular weight excluding hydrogens is 258 g/mol. The van der Waals surface area contributed by atoms with Crippen LogP contribution in [0.1, 0.15) is 20.3 Å². The second kappa shape index (κ2) is 22.4. The number of hydrogen-bond donors (Lipinski definition) is 0. The molecule has 1 aliphatic rings. The topological polar surface area (TPSA) is 0 Å². The monoisotopic (exact) mass is 270 g/mol. The van der Waals surface area contributed by atoms with Crippen LogP contribution in [0.15, 0.2) is 18.2 Å². The predicted octanol–water partition coefficient (Wildman–Crippen LogP) is 3.38. The first-order chi connectivity index (χ1) is 3.91. The molecule has 1 aliphatic carbocycles. The molecule has 3 heteroatoms. The third-order valence-corrected chi connectivity index (χ3v) is 0.586. The van der Waals surface area contributed by atoms with Crippen molar-refractivity contribution < 1.29 is 26.2 Å². The predicted molar refractivity (Wildman–Crippen MR) is 51.7 cm³/mol. The average Bonchev–Trinajstić information content (AvgIpc) is 2.17. The van der Waals surface area contributed by atoms with Gasteiger partial charge in [0.05, 0.1) is 0 Å². The van der Waals surface area contributed by atoms with E-state index in [-0.39, 0.29) is 51.0 Å². The molecule has 0 saturated carbocycles. The van der Waals surface area contributed by atoms with Crippen molar-refractivity contribution in [2.45, 2.75) is 20.3 Å². The summed E-state index contributed by atoms with van der Waals surface area (Å²) in [6, 6.07) is 0. The van der Waals surface area contributed by atoms with Crippen molar-refractivity contribution in [1.82, 2.24) is 0 Å². The minimum atomic E-state index is 0. The summed E-state index contributed by atoms with van der Waals surface area (Å²) in [7, 11) is 0. The van der Waals surface area contributed by atoms with E-state index in [4.69, 9.17) is 0 Å². The third-order valence-electron chi connectivity index (χ3n) is 0.586. The first kappa shape index (κ1) is 22.7. The molecule has 0 spiro atoms. The van der Waals surface area contributed by atoms with E-state index in [0.29, 0.717) is 0 Å². The van der Waals surface area contributed by atoms with Gasteiger partial charge < -0.3 is 6.42 Å². The second-order valence-corrected chi connectivity index (χ2v) is 1.58. The third kappa shape index (κ3) is 24.8. The zero-order valence-electron chi connectivity index (χ0n) is 6.83. The van der Waals surface area contributed by atoms with E-state index in [1.807, 2.05) is 32.4 Å². The minimum Gasteiger partial charge on any atom is -0.335 e. The summed E-state index contributed by atoms with van der Waals surface area (Å²) < 4.78 is 0. The Morgan fingerprint density at radius 3 is 1.82 bits per heavy atom. The first-order valence-corrected chi connectivity index (χ1v) is 2.87. The van der Waals surface area contributed by atoms with Crippen molar-refractivity contribution >= 4 is 24.8 Å². The van der Waals surface area contributed by atoms with Gasteiger partial charge in [0.15, 0.2) is 0 Å². The van der Waals surface area contributed by atoms with Gasteiger partial charge in [-0.15, -0.1) is 31.2 Å². The Bertz CT molecular complexity index is 80.1. The molecule has 0 nitrogen and oxygen atoms in total. The Kier molecular flexibility index (Phi) is 46.2. The van der Waals surface area contributed by atoms with Gasteiger partial charge in [-0.3, -0.25) is 6.08 Å². The van der Waals surface area contributed by atoms with Crippen molar-refractivity contribution in [3.05, 3.63) is 30.7 Å². The summed E-state index contributed by atoms with van der Waals surface area (Å²) in [5, 5.41) is 0. The summed E-state index contributed by atoms with van der Waals surface area (Å²) in [5.74, 6) is 0. The SMILES string of the molecule is C[CH-]C.Cl.Cl.[C-]1=CC=CC1.[Zr+2]. The van der Waals surface area contributed by atoms with Crippen LogP contribution in [-0.4, -0.2) is 0 Å². The van der Waals surface area contributed by atoms with Gasteiger partial charge in [0.1, 0.15) is 0 Å². The zero-order valence-corrected chi connectivity index (χ0v) is 10.9. The van der Waals surface area contributed by atoms with Crippen LogP contribution in [0.5, 0.6) is 0 Å². The van der Waals surface area contributed by atoms with Crippen molar-refractivity contribution in [2.24, 2.45) is 0 Å². The number of halogens is 2. The van der Waals surface area contributed by atoms with Crippen LogP contribution >= 0.6 is 24.8 Å². The van der Waals surface area contributed by atoms with Crippen LogP contribution in [0.2, 0.25) is 0 Å². The molecule has 0 heterocycles. The van der Waals surface area contributed by atoms with Crippen molar-refractivity contribution in [3.8, 4) is 0 Å². The fourth-order valence-electron chi connectivity index (χ4n) is 0.340. The molecule has 0 aromatic carbocycles. The maximum atomic E-state index is 2.99. The fourth-order valence-corrected chi connectivity index (χ4v) is 0.340. The molecule has 0 N–H and O–H groups in total. The standard InChI is InChI=1S/C5H5.C3H7.2ClH.Zr/c1-2-4-5-3-1;1-3-2;;;/h1-3H,4H2;3H,1-2H3;2*1H;/q2*-1;;;+2. The molecule has 1 rings (SSSR count). The van der Waals surface area contributed by atoms with Gasteiger partial charge in [-0.2, -0.15) is 19.9 Å². The van der Waals surface area contributed by atoms with E-state index in [2.05, 4.69) is 12.2 Å². The van der Waals surface area contributed by atoms with Gasteiger partial charge >= 0.3 is 26.2 Å². The fraction of sp³-hybridized carbons (Fsp3) is 0.375. The Balaban J connectivity index is -0.0000000379. The van der Waals surface area contributed by atoms with Gasteiger partial charge in [-0.05, 0) is 0 Å². The summed E-state index contributed by atoms with van der Waals surface area (Å²) in [4.78, 5) is 0. The van der Waals surface area contributed by atoms with E-state index in [9.17, 15) is 0 Å². The quantitative estimate of drug-likeness (QED) is 0.593. The molecule has 0 unspecified atom stereocenters. The second-order valence-electron chi connectivity index (χ2n) is 1.58. The Labute approximate surface area is 101 Å². The van der Waals surface area contributed by atoms with Crippen molar-refractivity contribution in [3.63, 3.8) is 0 Å². The number of rotatable bonds is 0. The van der Waals surface area contributed by atoms with Crippen LogP contribution in [0, 0.1) is 12.5 Å². The summed E-state index contributed by atoms with van der Waals surface area (Å²) in [6.07, 6.45) is 12.0. The van der Waals surface area contributed by atoms with Crippen LogP contribution in [0.4, 0.5) is 0 Å². The molecule has 0 atom stereocenters. The van der Waals surface area contributed by atoms with Gasteiger partial charge in [0, 0.05) is 0 Å². The maximum Gasteiger partial charge on any atom is 2.00 e. The van der Waals surface area contributed by atoms with E-state index in [1.54, 1.807) is 0 Å². The zero-order chi connectivity index (χ0) is 6.24. The maximum absolute atomic E-state index is 2.99. The molecule has 0 fully saturated rings. The molecule has 0 radical (unpaired) electrons. The van der Waals surface area contributed by atoms with Crippen molar-refractivity contribution in [2.75, 3.05) is 0 Å². The summed E-state index contributed by atoms with van der Waals surface area (Å²) in [6.45, 7) is 4.00. The number of hydrogen-bond acceptors (Lipinski definition) is 0. The van der Waals surface area contributed by atoms with Gasteiger partial charge in [0.2, 0.25) is 0 Å². The van der Waals surface area contributed by atoms with E-state index in [0.717, 1.165) is 6.42 Å². The molecule has 64 valence electrons. The number of allylic oxidation sites excluding steroid dienone is 4. The van der Waals surface area contributed by atoms with Crippen LogP contribution in [0.25, 0.3) is 0 Å². The molecular formula is C8H14Cl2Zr. The summed E-state index contributed by atoms with van der Waals surface area (Å²) >= 11 is 0. The Morgan fingerprint density at radius 1 is 1.27 bits per heavy atom. The van der Waals surface area contributed by atoms with Crippen LogP contribution in [-0.2, 0) is 26.2 Å². The molecule has 0 amide bonds. The average molecular weight is 272 g/mol. The molecule has 0 bridgehead atoms. The smallest absolute Gasteiger partial charge is 0.335 e. The van der Waals surface area contributed by atoms with Gasteiger partial charge in [-0.1, -0.05) is 0 Å². The molecule has 11 heavy (non-hydrogen) atoms. The molecule has 0 aliphatic heterocycles. The van der Waals surface area contributed by atoms with Crippen LogP contribution in [0.3, 0.4) is 0 Å². The molecule has 0 aromatic rings. The van der Waals surface area contributed by atoms with E-state index in [1.165, 1.54) is 0 Å². The normalized spacial score (nSPS) is 9.64. The van der Waals surface area contributed by atoms with E-state index >= 15 is 0 Å². The Morgan fingerprint density at radius 2 is 1.73 bits per heavy atom. The van der Waals surface area contributed by atoms with Gasteiger partial charge in [0.25, 0.3) is 0 Å². The minimum absolute atomic E-state index is 0. The largest absolute Gasteiger partial charge is 2.00 e. The Hall–Kier alpha value is 0.943. The molecule has 0 saturated heterocycles. The summed E-state index contributed by atoms with van der Waals surface area (Å²) in [5.41, 5.74) is 0.